The quantitative estimate of drug-likeness (QED) is 0.490. The maximum absolute atomic E-state index is 11.3. The van der Waals surface area contributed by atoms with E-state index >= 15 is 0 Å². The molecule has 2 unspecified atom stereocenters. The normalized spacial score (nSPS) is 13.5. The van der Waals surface area contributed by atoms with Crippen LogP contribution in [0.5, 0.6) is 0 Å². The summed E-state index contributed by atoms with van der Waals surface area (Å²) in [6.07, 6.45) is 0.482. The first kappa shape index (κ1) is 15.2. The van der Waals surface area contributed by atoms with E-state index in [9.17, 15) is 14.4 Å². The van der Waals surface area contributed by atoms with Crippen molar-refractivity contribution in [3.63, 3.8) is 0 Å². The van der Waals surface area contributed by atoms with Crippen molar-refractivity contribution < 1.29 is 19.5 Å². The van der Waals surface area contributed by atoms with Crippen molar-refractivity contribution in [3.8, 4) is 0 Å². The Kier molecular flexibility index (Phi) is 6.69. The molecule has 0 radical (unpaired) electrons. The van der Waals surface area contributed by atoms with Gasteiger partial charge in [0.2, 0.25) is 5.91 Å². The summed E-state index contributed by atoms with van der Waals surface area (Å²) >= 11 is 0. The summed E-state index contributed by atoms with van der Waals surface area (Å²) in [5, 5.41) is 13.4. The van der Waals surface area contributed by atoms with Crippen LogP contribution in [0.15, 0.2) is 0 Å². The van der Waals surface area contributed by atoms with Gasteiger partial charge in [-0.25, -0.2) is 9.59 Å². The van der Waals surface area contributed by atoms with Gasteiger partial charge in [0.1, 0.15) is 6.04 Å². The number of hydrogen-bond acceptors (Lipinski definition) is 3. The third-order valence-electron chi connectivity index (χ3n) is 2.32. The van der Waals surface area contributed by atoms with Gasteiger partial charge in [-0.3, -0.25) is 4.79 Å². The van der Waals surface area contributed by atoms with Crippen LogP contribution in [0.4, 0.5) is 4.79 Å². The molecule has 0 aromatic carbocycles. The summed E-state index contributed by atoms with van der Waals surface area (Å²) in [5.74, 6) is -1.76. The van der Waals surface area contributed by atoms with Gasteiger partial charge < -0.3 is 21.5 Å². The number of rotatable bonds is 7. The molecule has 3 amide bonds. The third-order valence-corrected chi connectivity index (χ3v) is 2.32. The molecule has 5 N–H and O–H groups in total. The summed E-state index contributed by atoms with van der Waals surface area (Å²) < 4.78 is 0. The van der Waals surface area contributed by atoms with Gasteiger partial charge in [0.05, 0.1) is 6.42 Å². The van der Waals surface area contributed by atoms with Crippen molar-refractivity contribution in [2.45, 2.75) is 32.7 Å². The zero-order valence-corrected chi connectivity index (χ0v) is 10.0. The van der Waals surface area contributed by atoms with Crippen LogP contribution in [0.2, 0.25) is 0 Å². The van der Waals surface area contributed by atoms with Gasteiger partial charge in [-0.15, -0.1) is 0 Å². The van der Waals surface area contributed by atoms with E-state index in [1.54, 1.807) is 0 Å². The molecule has 0 aromatic rings. The first-order valence-electron chi connectivity index (χ1n) is 5.42. The SMILES string of the molecule is CCC(C)CNC(=O)NC(CC(N)=O)C(=O)O. The van der Waals surface area contributed by atoms with Gasteiger partial charge in [0.25, 0.3) is 0 Å². The Bertz CT molecular complexity index is 293. The minimum absolute atomic E-state index is 0.306. The first-order valence-corrected chi connectivity index (χ1v) is 5.42. The second kappa shape index (κ2) is 7.48. The van der Waals surface area contributed by atoms with Crippen molar-refractivity contribution in [2.75, 3.05) is 6.54 Å². The van der Waals surface area contributed by atoms with Crippen LogP contribution >= 0.6 is 0 Å². The van der Waals surface area contributed by atoms with Crippen molar-refractivity contribution in [3.05, 3.63) is 0 Å². The molecule has 17 heavy (non-hydrogen) atoms. The molecular weight excluding hydrogens is 226 g/mol. The molecule has 0 aromatic heterocycles. The summed E-state index contributed by atoms with van der Waals surface area (Å²) in [6, 6.07) is -1.90. The highest BCUT2D eigenvalue weighted by Crippen LogP contribution is 1.97. The summed E-state index contributed by atoms with van der Waals surface area (Å²) in [5.41, 5.74) is 4.88. The molecule has 0 saturated carbocycles. The van der Waals surface area contributed by atoms with Crippen LogP contribution in [-0.2, 0) is 9.59 Å². The van der Waals surface area contributed by atoms with Crippen LogP contribution in [-0.4, -0.2) is 35.6 Å². The van der Waals surface area contributed by atoms with E-state index < -0.39 is 30.4 Å². The van der Waals surface area contributed by atoms with Gasteiger partial charge in [0, 0.05) is 6.54 Å². The fourth-order valence-electron chi connectivity index (χ4n) is 1.02. The Morgan fingerprint density at radius 3 is 2.35 bits per heavy atom. The van der Waals surface area contributed by atoms with E-state index in [0.29, 0.717) is 12.5 Å². The molecular formula is C10H19N3O4. The number of aliphatic carboxylic acids is 1. The molecule has 2 atom stereocenters. The lowest BCUT2D eigenvalue weighted by molar-refractivity contribution is -0.140. The fourth-order valence-corrected chi connectivity index (χ4v) is 1.02. The maximum atomic E-state index is 11.3. The monoisotopic (exact) mass is 245 g/mol. The first-order chi connectivity index (χ1) is 7.86. The molecule has 0 fully saturated rings. The lowest BCUT2D eigenvalue weighted by Gasteiger charge is -2.15. The number of primary amides is 1. The van der Waals surface area contributed by atoms with E-state index in [4.69, 9.17) is 10.8 Å². The molecule has 98 valence electrons. The van der Waals surface area contributed by atoms with Crippen molar-refractivity contribution in [1.29, 1.82) is 0 Å². The highest BCUT2D eigenvalue weighted by atomic mass is 16.4. The van der Waals surface area contributed by atoms with Gasteiger partial charge in [-0.1, -0.05) is 20.3 Å². The summed E-state index contributed by atoms with van der Waals surface area (Å²) in [7, 11) is 0. The average molecular weight is 245 g/mol. The predicted molar refractivity (Wildman–Crippen MR) is 61.2 cm³/mol. The highest BCUT2D eigenvalue weighted by Gasteiger charge is 2.21. The Labute approximate surface area is 99.7 Å². The van der Waals surface area contributed by atoms with E-state index in [1.807, 2.05) is 13.8 Å². The van der Waals surface area contributed by atoms with E-state index in [-0.39, 0.29) is 0 Å². The number of carbonyl (C=O) groups excluding carboxylic acids is 2. The molecule has 0 saturated heterocycles. The molecule has 7 nitrogen and oxygen atoms in total. The van der Waals surface area contributed by atoms with Gasteiger partial charge in [-0.2, -0.15) is 0 Å². The lowest BCUT2D eigenvalue weighted by atomic mass is 10.1. The van der Waals surface area contributed by atoms with Crippen molar-refractivity contribution in [2.24, 2.45) is 11.7 Å². The Morgan fingerprint density at radius 1 is 1.35 bits per heavy atom. The molecule has 0 heterocycles. The molecule has 0 aliphatic carbocycles. The average Bonchev–Trinajstić information content (AvgIpc) is 2.24. The highest BCUT2D eigenvalue weighted by molar-refractivity contribution is 5.87. The number of nitrogens with two attached hydrogens (primary N) is 1. The minimum atomic E-state index is -1.29. The van der Waals surface area contributed by atoms with Crippen LogP contribution < -0.4 is 16.4 Å². The number of carbonyl (C=O) groups is 3. The van der Waals surface area contributed by atoms with E-state index in [1.165, 1.54) is 0 Å². The van der Waals surface area contributed by atoms with E-state index in [2.05, 4.69) is 10.6 Å². The van der Waals surface area contributed by atoms with Gasteiger partial charge in [0.15, 0.2) is 0 Å². The zero-order chi connectivity index (χ0) is 13.4. The summed E-state index contributed by atoms with van der Waals surface area (Å²) in [4.78, 5) is 32.6. The molecule has 0 aliphatic heterocycles. The summed E-state index contributed by atoms with van der Waals surface area (Å²) in [6.45, 7) is 4.39. The molecule has 0 aliphatic rings. The van der Waals surface area contributed by atoms with Gasteiger partial charge in [-0.05, 0) is 5.92 Å². The Morgan fingerprint density at radius 2 is 1.94 bits per heavy atom. The topological polar surface area (TPSA) is 122 Å². The van der Waals surface area contributed by atoms with Crippen LogP contribution in [0, 0.1) is 5.92 Å². The molecule has 0 rings (SSSR count). The zero-order valence-electron chi connectivity index (χ0n) is 10.0. The fraction of sp³-hybridized carbons (Fsp3) is 0.700. The number of nitrogens with one attached hydrogen (secondary N) is 2. The number of carboxylic acids is 1. The van der Waals surface area contributed by atoms with E-state index in [0.717, 1.165) is 6.42 Å². The number of hydrogen-bond donors (Lipinski definition) is 4. The third kappa shape index (κ3) is 7.15. The molecule has 0 bridgehead atoms. The number of carboxylic acid groups (broad SMARTS) is 1. The number of urea groups is 1. The smallest absolute Gasteiger partial charge is 0.326 e. The minimum Gasteiger partial charge on any atom is -0.480 e. The maximum Gasteiger partial charge on any atom is 0.326 e. The van der Waals surface area contributed by atoms with Crippen molar-refractivity contribution >= 4 is 17.9 Å². The van der Waals surface area contributed by atoms with Crippen molar-refractivity contribution in [1.82, 2.24) is 10.6 Å². The second-order valence-electron chi connectivity index (χ2n) is 3.93. The van der Waals surface area contributed by atoms with Crippen LogP contribution in [0.3, 0.4) is 0 Å². The Hall–Kier alpha value is -1.79. The standard InChI is InChI=1S/C10H19N3O4/c1-3-6(2)5-12-10(17)13-7(9(15)16)4-8(11)14/h6-7H,3-5H2,1-2H3,(H2,11,14)(H,15,16)(H2,12,13,17). The number of amides is 3. The van der Waals surface area contributed by atoms with Crippen LogP contribution in [0.25, 0.3) is 0 Å². The van der Waals surface area contributed by atoms with Gasteiger partial charge >= 0.3 is 12.0 Å². The largest absolute Gasteiger partial charge is 0.480 e. The second-order valence-corrected chi connectivity index (χ2v) is 3.93. The lowest BCUT2D eigenvalue weighted by Crippen LogP contribution is -2.48. The van der Waals surface area contributed by atoms with Crippen LogP contribution in [0.1, 0.15) is 26.7 Å². The Balaban J connectivity index is 4.13. The molecule has 0 spiro atoms. The molecule has 7 heteroatoms. The predicted octanol–water partition coefficient (Wildman–Crippen LogP) is -0.340.